The van der Waals surface area contributed by atoms with Gasteiger partial charge in [0, 0.05) is 13.6 Å². The fourth-order valence-corrected chi connectivity index (χ4v) is 5.40. The van der Waals surface area contributed by atoms with Crippen molar-refractivity contribution >= 4 is 33.3 Å². The van der Waals surface area contributed by atoms with Crippen molar-refractivity contribution in [2.75, 3.05) is 18.9 Å². The number of carbonyl (C=O) groups is 1. The molecule has 1 amide bonds. The summed E-state index contributed by atoms with van der Waals surface area (Å²) >= 11 is 1.47. The maximum atomic E-state index is 13.0. The molecule has 3 aromatic rings. The van der Waals surface area contributed by atoms with Gasteiger partial charge in [0.05, 0.1) is 16.3 Å². The lowest BCUT2D eigenvalue weighted by atomic mass is 9.87. The van der Waals surface area contributed by atoms with E-state index in [1.165, 1.54) is 22.5 Å². The zero-order chi connectivity index (χ0) is 20.5. The van der Waals surface area contributed by atoms with Crippen LogP contribution in [0.5, 0.6) is 0 Å². The van der Waals surface area contributed by atoms with Crippen LogP contribution in [0.1, 0.15) is 59.1 Å². The highest BCUT2D eigenvalue weighted by molar-refractivity contribution is 7.20. The molecule has 0 radical (unpaired) electrons. The first-order valence-electron chi connectivity index (χ1n) is 10.3. The number of aryl methyl sites for hydroxylation is 2. The Labute approximate surface area is 176 Å². The quantitative estimate of drug-likeness (QED) is 0.629. The number of fused-ring (bicyclic) bond motifs is 2. The lowest BCUT2D eigenvalue weighted by Crippen LogP contribution is -2.30. The van der Waals surface area contributed by atoms with Crippen molar-refractivity contribution < 1.29 is 4.79 Å². The molecule has 5 nitrogen and oxygen atoms in total. The summed E-state index contributed by atoms with van der Waals surface area (Å²) in [5.74, 6) is 1.33. The summed E-state index contributed by atoms with van der Waals surface area (Å²) in [5, 5.41) is 4.64. The van der Waals surface area contributed by atoms with Crippen molar-refractivity contribution in [2.24, 2.45) is 5.92 Å². The van der Waals surface area contributed by atoms with Crippen LogP contribution in [0.25, 0.3) is 10.2 Å². The van der Waals surface area contributed by atoms with Gasteiger partial charge in [0.1, 0.15) is 17.0 Å². The molecular formula is C23H28N4OS. The molecular weight excluding hydrogens is 380 g/mol. The minimum absolute atomic E-state index is 0.0631. The third-order valence-corrected chi connectivity index (χ3v) is 6.77. The molecule has 6 heteroatoms. The zero-order valence-corrected chi connectivity index (χ0v) is 18.3. The predicted octanol–water partition coefficient (Wildman–Crippen LogP) is 5.22. The third-order valence-electron chi connectivity index (χ3n) is 5.59. The Balaban J connectivity index is 1.69. The second-order valence-corrected chi connectivity index (χ2v) is 9.33. The van der Waals surface area contributed by atoms with Crippen LogP contribution in [0.15, 0.2) is 30.6 Å². The van der Waals surface area contributed by atoms with Crippen molar-refractivity contribution in [3.8, 4) is 0 Å². The van der Waals surface area contributed by atoms with Gasteiger partial charge in [-0.05, 0) is 48.8 Å². The van der Waals surface area contributed by atoms with Gasteiger partial charge in [-0.15, -0.1) is 11.3 Å². The lowest BCUT2D eigenvalue weighted by molar-refractivity contribution is 0.0783. The molecule has 1 aromatic carbocycles. The fraction of sp³-hybridized carbons (Fsp3) is 0.435. The van der Waals surface area contributed by atoms with Crippen LogP contribution in [0.4, 0.5) is 5.82 Å². The van der Waals surface area contributed by atoms with Crippen LogP contribution in [0.2, 0.25) is 0 Å². The first-order chi connectivity index (χ1) is 14.0. The number of hydrogen-bond acceptors (Lipinski definition) is 5. The largest absolute Gasteiger partial charge is 0.363 e. The molecule has 0 spiro atoms. The number of amides is 1. The van der Waals surface area contributed by atoms with Gasteiger partial charge in [-0.25, -0.2) is 9.97 Å². The number of carbonyl (C=O) groups excluding carboxylic acids is 1. The second-order valence-electron chi connectivity index (χ2n) is 8.33. The average molecular weight is 409 g/mol. The molecule has 1 atom stereocenters. The van der Waals surface area contributed by atoms with Gasteiger partial charge in [0.25, 0.3) is 5.91 Å². The van der Waals surface area contributed by atoms with Gasteiger partial charge in [-0.1, -0.05) is 38.1 Å². The molecule has 2 heterocycles. The van der Waals surface area contributed by atoms with E-state index in [9.17, 15) is 4.79 Å². The number of aromatic nitrogens is 2. The van der Waals surface area contributed by atoms with Crippen LogP contribution in [-0.4, -0.2) is 34.4 Å². The van der Waals surface area contributed by atoms with Crippen molar-refractivity contribution in [3.63, 3.8) is 0 Å². The highest BCUT2D eigenvalue weighted by atomic mass is 32.1. The summed E-state index contributed by atoms with van der Waals surface area (Å²) in [7, 11) is 1.87. The summed E-state index contributed by atoms with van der Waals surface area (Å²) in [6.07, 6.45) is 4.97. The first kappa shape index (κ1) is 19.8. The molecule has 29 heavy (non-hydrogen) atoms. The fourth-order valence-electron chi connectivity index (χ4n) is 4.26. The number of nitrogens with zero attached hydrogens (tertiary/aromatic N) is 3. The molecule has 1 N–H and O–H groups in total. The van der Waals surface area contributed by atoms with E-state index in [-0.39, 0.29) is 11.9 Å². The molecule has 152 valence electrons. The molecule has 0 saturated carbocycles. The van der Waals surface area contributed by atoms with Crippen molar-refractivity contribution in [3.05, 3.63) is 52.2 Å². The smallest absolute Gasteiger partial charge is 0.264 e. The summed E-state index contributed by atoms with van der Waals surface area (Å²) in [4.78, 5) is 25.5. The first-order valence-corrected chi connectivity index (χ1v) is 11.1. The summed E-state index contributed by atoms with van der Waals surface area (Å²) in [6, 6.07) is 8.88. The summed E-state index contributed by atoms with van der Waals surface area (Å²) in [5.41, 5.74) is 3.74. The van der Waals surface area contributed by atoms with E-state index in [0.29, 0.717) is 5.92 Å². The van der Waals surface area contributed by atoms with E-state index in [1.54, 1.807) is 11.2 Å². The summed E-state index contributed by atoms with van der Waals surface area (Å²) in [6.45, 7) is 6.99. The lowest BCUT2D eigenvalue weighted by Gasteiger charge is -2.27. The van der Waals surface area contributed by atoms with Gasteiger partial charge >= 0.3 is 0 Å². The van der Waals surface area contributed by atoms with E-state index < -0.39 is 0 Å². The monoisotopic (exact) mass is 408 g/mol. The van der Waals surface area contributed by atoms with Crippen LogP contribution in [0, 0.1) is 12.8 Å². The molecule has 1 unspecified atom stereocenters. The number of benzene rings is 1. The molecule has 1 aliphatic carbocycles. The Kier molecular flexibility index (Phi) is 5.54. The average Bonchev–Trinajstić information content (AvgIpc) is 3.05. The second kappa shape index (κ2) is 8.11. The Morgan fingerprint density at radius 2 is 2.10 bits per heavy atom. The topological polar surface area (TPSA) is 58.1 Å². The van der Waals surface area contributed by atoms with Crippen molar-refractivity contribution in [1.82, 2.24) is 14.9 Å². The van der Waals surface area contributed by atoms with Gasteiger partial charge in [-0.3, -0.25) is 4.79 Å². The minimum Gasteiger partial charge on any atom is -0.363 e. The zero-order valence-electron chi connectivity index (χ0n) is 17.5. The Morgan fingerprint density at radius 1 is 1.31 bits per heavy atom. The summed E-state index contributed by atoms with van der Waals surface area (Å²) < 4.78 is 0. The molecule has 1 aliphatic rings. The Bertz CT molecular complexity index is 1040. The van der Waals surface area contributed by atoms with E-state index >= 15 is 0 Å². The standard InChI is InChI=1S/C23H28N4OS/c1-14(2)12-27(4)23(28)20-15(3)19-21(24-13-25-22(19)29-20)26-18-11-7-9-16-8-5-6-10-17(16)18/h5-6,8,10,13-14,18H,7,9,11-12H2,1-4H3,(H,24,25,26). The van der Waals surface area contributed by atoms with Gasteiger partial charge in [0.15, 0.2) is 0 Å². The van der Waals surface area contributed by atoms with E-state index in [1.807, 2.05) is 14.0 Å². The number of nitrogens with one attached hydrogen (secondary N) is 1. The molecule has 4 rings (SSSR count). The Morgan fingerprint density at radius 3 is 2.90 bits per heavy atom. The van der Waals surface area contributed by atoms with Crippen LogP contribution in [-0.2, 0) is 6.42 Å². The third kappa shape index (κ3) is 3.86. The maximum Gasteiger partial charge on any atom is 0.264 e. The SMILES string of the molecule is Cc1c(C(=O)N(C)CC(C)C)sc2ncnc(NC3CCCc4ccccc43)c12. The van der Waals surface area contributed by atoms with Crippen molar-refractivity contribution in [1.29, 1.82) is 0 Å². The van der Waals surface area contributed by atoms with Crippen LogP contribution >= 0.6 is 11.3 Å². The maximum absolute atomic E-state index is 13.0. The number of rotatable bonds is 5. The normalized spacial score (nSPS) is 16.1. The predicted molar refractivity (Wildman–Crippen MR) is 120 cm³/mol. The van der Waals surface area contributed by atoms with Gasteiger partial charge < -0.3 is 10.2 Å². The van der Waals surface area contributed by atoms with Crippen LogP contribution in [0.3, 0.4) is 0 Å². The number of hydrogen-bond donors (Lipinski definition) is 1. The van der Waals surface area contributed by atoms with Gasteiger partial charge in [0.2, 0.25) is 0 Å². The molecule has 2 aromatic heterocycles. The number of anilines is 1. The van der Waals surface area contributed by atoms with Gasteiger partial charge in [-0.2, -0.15) is 0 Å². The minimum atomic E-state index is 0.0631. The highest BCUT2D eigenvalue weighted by Gasteiger charge is 2.25. The van der Waals surface area contributed by atoms with E-state index in [2.05, 4.69) is 53.4 Å². The molecule has 0 bridgehead atoms. The molecule has 0 fully saturated rings. The van der Waals surface area contributed by atoms with Crippen LogP contribution < -0.4 is 5.32 Å². The highest BCUT2D eigenvalue weighted by Crippen LogP contribution is 2.37. The van der Waals surface area contributed by atoms with E-state index in [0.717, 1.165) is 52.3 Å². The Hall–Kier alpha value is -2.47. The van der Waals surface area contributed by atoms with E-state index in [4.69, 9.17) is 0 Å². The molecule has 0 saturated heterocycles. The van der Waals surface area contributed by atoms with Crippen molar-refractivity contribution in [2.45, 2.75) is 46.1 Å². The number of thiophene rings is 1. The molecule has 0 aliphatic heterocycles.